The molecule has 1 amide bonds. The van der Waals surface area contributed by atoms with Crippen molar-refractivity contribution in [1.29, 1.82) is 0 Å². The van der Waals surface area contributed by atoms with E-state index in [4.69, 9.17) is 0 Å². The van der Waals surface area contributed by atoms with Crippen molar-refractivity contribution < 1.29 is 9.90 Å². The van der Waals surface area contributed by atoms with E-state index >= 15 is 0 Å². The molecule has 0 saturated heterocycles. The second-order valence-electron chi connectivity index (χ2n) is 4.63. The molecule has 0 saturated carbocycles. The topological polar surface area (TPSA) is 66.6 Å². The minimum Gasteiger partial charge on any atom is -0.390 e. The maximum atomic E-state index is 11.7. The Morgan fingerprint density at radius 1 is 1.53 bits per heavy atom. The minimum atomic E-state index is -1.01. The molecule has 2 heterocycles. The number of rotatable bonds is 3. The summed E-state index contributed by atoms with van der Waals surface area (Å²) < 4.78 is 1.68. The molecule has 90 valence electrons. The zero-order chi connectivity index (χ0) is 12.5. The van der Waals surface area contributed by atoms with Crippen LogP contribution in [-0.2, 0) is 4.79 Å². The lowest BCUT2D eigenvalue weighted by atomic mass is 10.1. The molecule has 0 unspecified atom stereocenters. The quantitative estimate of drug-likeness (QED) is 0.842. The third-order valence-electron chi connectivity index (χ3n) is 2.29. The third kappa shape index (κ3) is 2.82. The molecule has 0 aliphatic rings. The van der Waals surface area contributed by atoms with Crippen molar-refractivity contribution in [2.45, 2.75) is 25.9 Å². The Labute approximate surface area is 99.1 Å². The number of aliphatic hydroxyl groups is 1. The molecule has 2 aromatic rings. The number of carbonyl (C=O) groups excluding carboxylic acids is 1. The molecule has 5 nitrogen and oxygen atoms in total. The van der Waals surface area contributed by atoms with Gasteiger partial charge in [0.1, 0.15) is 0 Å². The number of hydrogen-bond acceptors (Lipinski definition) is 3. The lowest BCUT2D eigenvalue weighted by Crippen LogP contribution is -2.27. The number of nitrogens with one attached hydrogen (secondary N) is 1. The Kier molecular flexibility index (Phi) is 2.85. The second kappa shape index (κ2) is 4.18. The zero-order valence-corrected chi connectivity index (χ0v) is 9.84. The summed E-state index contributed by atoms with van der Waals surface area (Å²) in [6.07, 6.45) is 3.45. The van der Waals surface area contributed by atoms with Crippen LogP contribution in [0.2, 0.25) is 0 Å². The lowest BCUT2D eigenvalue weighted by molar-refractivity contribution is -0.119. The van der Waals surface area contributed by atoms with Gasteiger partial charge in [-0.15, -0.1) is 0 Å². The van der Waals surface area contributed by atoms with Crippen LogP contribution in [0.3, 0.4) is 0 Å². The van der Waals surface area contributed by atoms with E-state index in [1.54, 1.807) is 30.8 Å². The first-order valence-corrected chi connectivity index (χ1v) is 5.40. The smallest absolute Gasteiger partial charge is 0.227 e. The SMILES string of the molecule is CC(C)(O)CC(=O)Nc1cnn2ccccc12. The molecule has 0 aliphatic carbocycles. The fourth-order valence-corrected chi connectivity index (χ4v) is 1.62. The summed E-state index contributed by atoms with van der Waals surface area (Å²) >= 11 is 0. The van der Waals surface area contributed by atoms with Gasteiger partial charge in [0.25, 0.3) is 0 Å². The number of hydrogen-bond donors (Lipinski definition) is 2. The van der Waals surface area contributed by atoms with E-state index in [0.717, 1.165) is 5.52 Å². The summed E-state index contributed by atoms with van der Waals surface area (Å²) in [4.78, 5) is 11.7. The van der Waals surface area contributed by atoms with Crippen LogP contribution in [-0.4, -0.2) is 26.2 Å². The van der Waals surface area contributed by atoms with Crippen molar-refractivity contribution in [1.82, 2.24) is 9.61 Å². The molecule has 2 N–H and O–H groups in total. The summed E-state index contributed by atoms with van der Waals surface area (Å²) in [6, 6.07) is 5.61. The molecule has 17 heavy (non-hydrogen) atoms. The van der Waals surface area contributed by atoms with Crippen LogP contribution in [0.4, 0.5) is 5.69 Å². The van der Waals surface area contributed by atoms with Gasteiger partial charge in [0, 0.05) is 6.20 Å². The van der Waals surface area contributed by atoms with Crippen LogP contribution >= 0.6 is 0 Å². The Balaban J connectivity index is 2.16. The predicted molar refractivity (Wildman–Crippen MR) is 64.7 cm³/mol. The van der Waals surface area contributed by atoms with Crippen LogP contribution in [0.25, 0.3) is 5.52 Å². The summed E-state index contributed by atoms with van der Waals surface area (Å²) in [6.45, 7) is 3.20. The van der Waals surface area contributed by atoms with Crippen molar-refractivity contribution in [2.24, 2.45) is 0 Å². The van der Waals surface area contributed by atoms with E-state index in [-0.39, 0.29) is 12.3 Å². The molecular formula is C12H15N3O2. The monoisotopic (exact) mass is 233 g/mol. The summed E-state index contributed by atoms with van der Waals surface area (Å²) in [7, 11) is 0. The zero-order valence-electron chi connectivity index (χ0n) is 9.84. The average molecular weight is 233 g/mol. The van der Waals surface area contributed by atoms with E-state index in [0.29, 0.717) is 5.69 Å². The van der Waals surface area contributed by atoms with Gasteiger partial charge in [0.05, 0.1) is 29.4 Å². The largest absolute Gasteiger partial charge is 0.390 e. The summed E-state index contributed by atoms with van der Waals surface area (Å²) in [5, 5.41) is 16.4. The van der Waals surface area contributed by atoms with Gasteiger partial charge >= 0.3 is 0 Å². The van der Waals surface area contributed by atoms with E-state index in [1.165, 1.54) is 0 Å². The second-order valence-corrected chi connectivity index (χ2v) is 4.63. The first kappa shape index (κ1) is 11.6. The minimum absolute atomic E-state index is 0.0528. The van der Waals surface area contributed by atoms with Crippen molar-refractivity contribution >= 4 is 17.1 Å². The third-order valence-corrected chi connectivity index (χ3v) is 2.29. The molecule has 5 heteroatoms. The van der Waals surface area contributed by atoms with Crippen LogP contribution in [0.1, 0.15) is 20.3 Å². The molecule has 0 fully saturated rings. The maximum absolute atomic E-state index is 11.7. The number of anilines is 1. The Bertz CT molecular complexity index is 540. The summed E-state index contributed by atoms with van der Waals surface area (Å²) in [5.74, 6) is -0.226. The van der Waals surface area contributed by atoms with Gasteiger partial charge in [-0.1, -0.05) is 6.07 Å². The highest BCUT2D eigenvalue weighted by molar-refractivity contribution is 5.95. The Morgan fingerprint density at radius 2 is 2.29 bits per heavy atom. The predicted octanol–water partition coefficient (Wildman–Crippen LogP) is 1.43. The molecule has 0 radical (unpaired) electrons. The van der Waals surface area contributed by atoms with Gasteiger partial charge in [-0.3, -0.25) is 4.79 Å². The molecule has 2 aromatic heterocycles. The fraction of sp³-hybridized carbons (Fsp3) is 0.333. The van der Waals surface area contributed by atoms with Gasteiger partial charge in [-0.25, -0.2) is 4.52 Å². The number of fused-ring (bicyclic) bond motifs is 1. The molecular weight excluding hydrogens is 218 g/mol. The highest BCUT2D eigenvalue weighted by Gasteiger charge is 2.18. The van der Waals surface area contributed by atoms with Gasteiger partial charge in [-0.2, -0.15) is 5.10 Å². The molecule has 0 aromatic carbocycles. The van der Waals surface area contributed by atoms with Crippen LogP contribution in [0.5, 0.6) is 0 Å². The first-order chi connectivity index (χ1) is 7.96. The number of nitrogens with zero attached hydrogens (tertiary/aromatic N) is 2. The van der Waals surface area contributed by atoms with E-state index < -0.39 is 5.60 Å². The van der Waals surface area contributed by atoms with Crippen molar-refractivity contribution in [3.8, 4) is 0 Å². The maximum Gasteiger partial charge on any atom is 0.227 e. The molecule has 0 atom stereocenters. The molecule has 0 bridgehead atoms. The standard InChI is InChI=1S/C12H15N3O2/c1-12(2,17)7-11(16)14-9-8-13-15-6-4-3-5-10(9)15/h3-6,8,17H,7H2,1-2H3,(H,14,16). The normalized spacial score (nSPS) is 11.7. The highest BCUT2D eigenvalue weighted by Crippen LogP contribution is 2.17. The Hall–Kier alpha value is -1.88. The number of amides is 1. The first-order valence-electron chi connectivity index (χ1n) is 5.40. The van der Waals surface area contributed by atoms with Gasteiger partial charge in [0.2, 0.25) is 5.91 Å². The number of pyridine rings is 1. The summed E-state index contributed by atoms with van der Waals surface area (Å²) in [5.41, 5.74) is 0.476. The molecule has 0 aliphatic heterocycles. The van der Waals surface area contributed by atoms with Crippen molar-refractivity contribution in [3.05, 3.63) is 30.6 Å². The van der Waals surface area contributed by atoms with Crippen molar-refractivity contribution in [2.75, 3.05) is 5.32 Å². The molecule has 0 spiro atoms. The van der Waals surface area contributed by atoms with Crippen LogP contribution < -0.4 is 5.32 Å². The number of carbonyl (C=O) groups is 1. The Morgan fingerprint density at radius 3 is 3.00 bits per heavy atom. The van der Waals surface area contributed by atoms with Crippen molar-refractivity contribution in [3.63, 3.8) is 0 Å². The van der Waals surface area contributed by atoms with Gasteiger partial charge in [0.15, 0.2) is 0 Å². The van der Waals surface area contributed by atoms with E-state index in [1.807, 2.05) is 18.2 Å². The van der Waals surface area contributed by atoms with E-state index in [2.05, 4.69) is 10.4 Å². The van der Waals surface area contributed by atoms with E-state index in [9.17, 15) is 9.90 Å². The molecule has 2 rings (SSSR count). The lowest BCUT2D eigenvalue weighted by Gasteiger charge is -2.15. The van der Waals surface area contributed by atoms with Gasteiger partial charge in [-0.05, 0) is 26.0 Å². The highest BCUT2D eigenvalue weighted by atomic mass is 16.3. The van der Waals surface area contributed by atoms with Crippen LogP contribution in [0.15, 0.2) is 30.6 Å². The average Bonchev–Trinajstić information content (AvgIpc) is 2.59. The number of aromatic nitrogens is 2. The van der Waals surface area contributed by atoms with Gasteiger partial charge < -0.3 is 10.4 Å². The fourth-order valence-electron chi connectivity index (χ4n) is 1.62. The van der Waals surface area contributed by atoms with Crippen LogP contribution in [0, 0.1) is 0 Å².